The molecule has 1 aliphatic rings. The Bertz CT molecular complexity index is 432. The fourth-order valence-electron chi connectivity index (χ4n) is 1.79. The van der Waals surface area contributed by atoms with Crippen molar-refractivity contribution in [3.05, 3.63) is 29.6 Å². The summed E-state index contributed by atoms with van der Waals surface area (Å²) in [6, 6.07) is 4.00. The summed E-state index contributed by atoms with van der Waals surface area (Å²) in [6.45, 7) is 0.566. The molecule has 5 N–H and O–H groups in total. The summed E-state index contributed by atoms with van der Waals surface area (Å²) in [5.74, 6) is -0.553. The van der Waals surface area contributed by atoms with Crippen molar-refractivity contribution in [1.82, 2.24) is 0 Å². The molecular formula is C12H16FN3O. The number of anilines is 1. The minimum absolute atomic E-state index is 0.0702. The molecule has 1 aromatic rings. The second kappa shape index (κ2) is 4.71. The summed E-state index contributed by atoms with van der Waals surface area (Å²) in [7, 11) is 0. The quantitative estimate of drug-likeness (QED) is 0.716. The van der Waals surface area contributed by atoms with Crippen LogP contribution in [0.3, 0.4) is 0 Å². The largest absolute Gasteiger partial charge is 0.383 e. The van der Waals surface area contributed by atoms with Crippen LogP contribution in [0.1, 0.15) is 23.2 Å². The van der Waals surface area contributed by atoms with Gasteiger partial charge in [-0.3, -0.25) is 4.79 Å². The van der Waals surface area contributed by atoms with Gasteiger partial charge in [0, 0.05) is 18.3 Å². The summed E-state index contributed by atoms with van der Waals surface area (Å²) >= 11 is 0. The topological polar surface area (TPSA) is 81.1 Å². The molecule has 0 heterocycles. The highest BCUT2D eigenvalue weighted by Crippen LogP contribution is 2.31. The molecule has 1 saturated carbocycles. The highest BCUT2D eigenvalue weighted by molar-refractivity contribution is 5.98. The van der Waals surface area contributed by atoms with Gasteiger partial charge in [-0.25, -0.2) is 4.39 Å². The normalized spacial score (nSPS) is 16.6. The van der Waals surface area contributed by atoms with Crippen LogP contribution in [0.5, 0.6) is 0 Å². The predicted octanol–water partition coefficient (Wildman–Crippen LogP) is 1.07. The third-order valence-corrected chi connectivity index (χ3v) is 3.00. The zero-order valence-electron chi connectivity index (χ0n) is 9.45. The van der Waals surface area contributed by atoms with Gasteiger partial charge in [0.25, 0.3) is 5.91 Å². The third kappa shape index (κ3) is 2.94. The summed E-state index contributed by atoms with van der Waals surface area (Å²) in [4.78, 5) is 11.1. The Balaban J connectivity index is 2.06. The van der Waals surface area contributed by atoms with Crippen molar-refractivity contribution >= 4 is 11.6 Å². The Morgan fingerprint density at radius 3 is 2.82 bits per heavy atom. The van der Waals surface area contributed by atoms with Crippen molar-refractivity contribution in [2.24, 2.45) is 17.4 Å². The van der Waals surface area contributed by atoms with Gasteiger partial charge in [-0.1, -0.05) is 0 Å². The van der Waals surface area contributed by atoms with E-state index in [1.165, 1.54) is 12.1 Å². The number of primary amides is 1. The molecule has 2 rings (SSSR count). The Kier molecular flexibility index (Phi) is 3.28. The average molecular weight is 237 g/mol. The molecule has 1 atom stereocenters. The first-order valence-electron chi connectivity index (χ1n) is 5.66. The first kappa shape index (κ1) is 11.9. The number of hydrogen-bond acceptors (Lipinski definition) is 3. The fraction of sp³-hybridized carbons (Fsp3) is 0.417. The number of carbonyl (C=O) groups excluding carboxylic acids is 1. The lowest BCUT2D eigenvalue weighted by Gasteiger charge is -2.14. The molecule has 92 valence electrons. The summed E-state index contributed by atoms with van der Waals surface area (Å²) in [5, 5.41) is 3.05. The molecule has 0 spiro atoms. The van der Waals surface area contributed by atoms with Crippen molar-refractivity contribution in [1.29, 1.82) is 0 Å². The minimum Gasteiger partial charge on any atom is -0.383 e. The van der Waals surface area contributed by atoms with Gasteiger partial charge in [0.15, 0.2) is 0 Å². The number of amides is 1. The highest BCUT2D eigenvalue weighted by atomic mass is 19.1. The lowest BCUT2D eigenvalue weighted by Crippen LogP contribution is -2.31. The average Bonchev–Trinajstić information content (AvgIpc) is 3.10. The molecule has 0 aromatic heterocycles. The summed E-state index contributed by atoms with van der Waals surface area (Å²) in [6.07, 6.45) is 2.32. The molecule has 5 heteroatoms. The number of benzene rings is 1. The van der Waals surface area contributed by atoms with E-state index in [4.69, 9.17) is 11.5 Å². The number of carbonyl (C=O) groups is 1. The smallest absolute Gasteiger partial charge is 0.250 e. The lowest BCUT2D eigenvalue weighted by atomic mass is 10.1. The number of rotatable bonds is 5. The van der Waals surface area contributed by atoms with Crippen LogP contribution in [-0.2, 0) is 0 Å². The molecule has 17 heavy (non-hydrogen) atoms. The van der Waals surface area contributed by atoms with Gasteiger partial charge >= 0.3 is 0 Å². The molecule has 1 fully saturated rings. The number of nitrogens with two attached hydrogens (primary N) is 2. The Morgan fingerprint density at radius 1 is 1.53 bits per heavy atom. The Morgan fingerprint density at radius 2 is 2.24 bits per heavy atom. The van der Waals surface area contributed by atoms with Gasteiger partial charge in [0.2, 0.25) is 0 Å². The van der Waals surface area contributed by atoms with Crippen molar-refractivity contribution in [3.63, 3.8) is 0 Å². The fourth-order valence-corrected chi connectivity index (χ4v) is 1.79. The van der Waals surface area contributed by atoms with E-state index in [1.807, 2.05) is 0 Å². The van der Waals surface area contributed by atoms with Crippen LogP contribution in [0.25, 0.3) is 0 Å². The van der Waals surface area contributed by atoms with E-state index in [0.717, 1.165) is 18.9 Å². The van der Waals surface area contributed by atoms with Crippen LogP contribution in [-0.4, -0.2) is 18.5 Å². The maximum absolute atomic E-state index is 13.0. The van der Waals surface area contributed by atoms with Crippen LogP contribution in [0.15, 0.2) is 18.2 Å². The molecule has 1 aromatic carbocycles. The van der Waals surface area contributed by atoms with Gasteiger partial charge in [0.1, 0.15) is 5.82 Å². The molecular weight excluding hydrogens is 221 g/mol. The van der Waals surface area contributed by atoms with Crippen molar-refractivity contribution in [2.75, 3.05) is 11.9 Å². The maximum atomic E-state index is 13.0. The molecule has 0 aliphatic heterocycles. The van der Waals surface area contributed by atoms with E-state index in [-0.39, 0.29) is 11.6 Å². The Hall–Kier alpha value is -1.62. The summed E-state index contributed by atoms with van der Waals surface area (Å²) < 4.78 is 13.0. The predicted molar refractivity (Wildman–Crippen MR) is 64.1 cm³/mol. The van der Waals surface area contributed by atoms with E-state index < -0.39 is 11.7 Å². The van der Waals surface area contributed by atoms with Crippen molar-refractivity contribution < 1.29 is 9.18 Å². The zero-order chi connectivity index (χ0) is 12.4. The number of hydrogen-bond donors (Lipinski definition) is 3. The molecule has 1 unspecified atom stereocenters. The lowest BCUT2D eigenvalue weighted by molar-refractivity contribution is 0.100. The molecule has 1 amide bonds. The van der Waals surface area contributed by atoms with Crippen molar-refractivity contribution in [3.8, 4) is 0 Å². The number of halogens is 1. The van der Waals surface area contributed by atoms with Gasteiger partial charge in [0.05, 0.1) is 5.56 Å². The van der Waals surface area contributed by atoms with Crippen LogP contribution >= 0.6 is 0 Å². The SMILES string of the molecule is NC(=O)c1cc(F)ccc1NCC(N)C1CC1. The molecule has 0 saturated heterocycles. The standard InChI is InChI=1S/C12H16FN3O/c13-8-3-4-11(9(5-8)12(15)17)16-6-10(14)7-1-2-7/h3-5,7,10,16H,1-2,6,14H2,(H2,15,17). The van der Waals surface area contributed by atoms with Gasteiger partial charge < -0.3 is 16.8 Å². The van der Waals surface area contributed by atoms with Crippen LogP contribution < -0.4 is 16.8 Å². The van der Waals surface area contributed by atoms with Gasteiger partial charge in [-0.2, -0.15) is 0 Å². The maximum Gasteiger partial charge on any atom is 0.250 e. The van der Waals surface area contributed by atoms with E-state index in [0.29, 0.717) is 18.2 Å². The van der Waals surface area contributed by atoms with Crippen LogP contribution in [0.2, 0.25) is 0 Å². The molecule has 0 radical (unpaired) electrons. The molecule has 4 nitrogen and oxygen atoms in total. The molecule has 1 aliphatic carbocycles. The minimum atomic E-state index is -0.646. The van der Waals surface area contributed by atoms with E-state index in [2.05, 4.69) is 5.32 Å². The number of nitrogens with one attached hydrogen (secondary N) is 1. The second-order valence-corrected chi connectivity index (χ2v) is 4.44. The van der Waals surface area contributed by atoms with E-state index >= 15 is 0 Å². The monoisotopic (exact) mass is 237 g/mol. The molecule has 0 bridgehead atoms. The van der Waals surface area contributed by atoms with Crippen LogP contribution in [0.4, 0.5) is 10.1 Å². The first-order chi connectivity index (χ1) is 8.08. The summed E-state index contributed by atoms with van der Waals surface area (Å²) in [5.41, 5.74) is 11.8. The van der Waals surface area contributed by atoms with Gasteiger partial charge in [-0.15, -0.1) is 0 Å². The van der Waals surface area contributed by atoms with Gasteiger partial charge in [-0.05, 0) is 37.0 Å². The third-order valence-electron chi connectivity index (χ3n) is 3.00. The van der Waals surface area contributed by atoms with Crippen molar-refractivity contribution in [2.45, 2.75) is 18.9 Å². The highest BCUT2D eigenvalue weighted by Gasteiger charge is 2.28. The van der Waals surface area contributed by atoms with E-state index in [1.54, 1.807) is 0 Å². The second-order valence-electron chi connectivity index (χ2n) is 4.44. The first-order valence-corrected chi connectivity index (χ1v) is 5.66. The van der Waals surface area contributed by atoms with Crippen LogP contribution in [0, 0.1) is 11.7 Å². The Labute approximate surface area is 99.2 Å². The zero-order valence-corrected chi connectivity index (χ0v) is 9.45. The van der Waals surface area contributed by atoms with E-state index in [9.17, 15) is 9.18 Å².